The molecule has 0 radical (unpaired) electrons. The third-order valence-electron chi connectivity index (χ3n) is 13.5. The molecule has 1 saturated carbocycles. The van der Waals surface area contributed by atoms with Crippen molar-refractivity contribution in [1.29, 1.82) is 0 Å². The van der Waals surface area contributed by atoms with Crippen molar-refractivity contribution in [1.82, 2.24) is 4.90 Å². The van der Waals surface area contributed by atoms with Crippen molar-refractivity contribution in [3.63, 3.8) is 0 Å². The SMILES string of the molecule is C=CCO[C@@]12Oc3ccc(Oc4ccc5ccccc5c4)cc3[C@H]3[C@H](CCCCO)[C@@H](CCCCO)C=C(C(=NOC(C)(C)C)C[C@@H]1N(C)C(=O)OCCCCCCCCCCCC)[C@H]32. The van der Waals surface area contributed by atoms with Crippen LogP contribution in [0, 0.1) is 17.8 Å². The van der Waals surface area contributed by atoms with Gasteiger partial charge in [-0.1, -0.05) is 125 Å². The van der Waals surface area contributed by atoms with Crippen LogP contribution >= 0.6 is 0 Å². The van der Waals surface area contributed by atoms with E-state index in [0.29, 0.717) is 37.4 Å². The number of hydrogen-bond donors (Lipinski definition) is 2. The number of aliphatic hydroxyl groups excluding tert-OH is 2. The highest BCUT2D eigenvalue weighted by Crippen LogP contribution is 2.62. The normalized spacial score (nSPS) is 23.0. The number of aliphatic hydroxyl groups is 2. The molecule has 3 aromatic rings. The summed E-state index contributed by atoms with van der Waals surface area (Å²) in [5.41, 5.74) is 2.18. The first-order valence-corrected chi connectivity index (χ1v) is 24.9. The molecule has 0 spiro atoms. The Hall–Kier alpha value is -4.38. The zero-order valence-corrected chi connectivity index (χ0v) is 40.1. The number of amides is 1. The molecule has 0 unspecified atom stereocenters. The number of hydrogen-bond acceptors (Lipinski definition) is 9. The van der Waals surface area contributed by atoms with Gasteiger partial charge >= 0.3 is 6.09 Å². The summed E-state index contributed by atoms with van der Waals surface area (Å²) in [5, 5.41) is 27.1. The van der Waals surface area contributed by atoms with Gasteiger partial charge in [-0.15, -0.1) is 6.58 Å². The number of rotatable bonds is 26. The summed E-state index contributed by atoms with van der Waals surface area (Å²) in [7, 11) is 1.79. The molecule has 0 saturated heterocycles. The molecule has 1 heterocycles. The fourth-order valence-corrected chi connectivity index (χ4v) is 10.3. The van der Waals surface area contributed by atoms with Crippen LogP contribution in [0.15, 0.2) is 90.1 Å². The molecular weight excluding hydrogens is 817 g/mol. The highest BCUT2D eigenvalue weighted by molar-refractivity contribution is 6.03. The monoisotopic (exact) mass is 895 g/mol. The Morgan fingerprint density at radius 3 is 2.22 bits per heavy atom. The van der Waals surface area contributed by atoms with Gasteiger partial charge in [0.2, 0.25) is 5.79 Å². The number of carbonyl (C=O) groups is 1. The van der Waals surface area contributed by atoms with Crippen molar-refractivity contribution < 1.29 is 38.8 Å². The molecule has 1 aliphatic heterocycles. The minimum absolute atomic E-state index is 0.0939. The molecule has 10 heteroatoms. The predicted octanol–water partition coefficient (Wildman–Crippen LogP) is 13.1. The molecule has 1 amide bonds. The van der Waals surface area contributed by atoms with Crippen molar-refractivity contribution in [2.75, 3.05) is 33.5 Å². The molecule has 6 rings (SSSR count). The van der Waals surface area contributed by atoms with Crippen molar-refractivity contribution in [3.8, 4) is 17.2 Å². The molecule has 356 valence electrons. The van der Waals surface area contributed by atoms with E-state index in [1.807, 2.05) is 51.1 Å². The van der Waals surface area contributed by atoms with Gasteiger partial charge in [0.25, 0.3) is 0 Å². The second kappa shape index (κ2) is 24.4. The van der Waals surface area contributed by atoms with E-state index >= 15 is 0 Å². The van der Waals surface area contributed by atoms with E-state index in [-0.39, 0.29) is 37.6 Å². The fraction of sp³-hybridized carbons (Fsp3) is 0.600. The molecule has 3 aromatic carbocycles. The van der Waals surface area contributed by atoms with Crippen LogP contribution in [0.3, 0.4) is 0 Å². The Bertz CT molecular complexity index is 2040. The maximum absolute atomic E-state index is 14.3. The number of carbonyl (C=O) groups excluding carboxylic acids is 1. The first-order valence-electron chi connectivity index (χ1n) is 24.9. The quantitative estimate of drug-likeness (QED) is 0.0464. The van der Waals surface area contributed by atoms with Gasteiger partial charge in [0.1, 0.15) is 28.9 Å². The van der Waals surface area contributed by atoms with Crippen molar-refractivity contribution in [3.05, 3.63) is 90.5 Å². The first kappa shape index (κ1) is 50.0. The molecule has 3 aliphatic rings. The average Bonchev–Trinajstić information content (AvgIpc) is 3.30. The van der Waals surface area contributed by atoms with Crippen LogP contribution in [0.4, 0.5) is 4.79 Å². The Kier molecular flexibility index (Phi) is 18.8. The summed E-state index contributed by atoms with van der Waals surface area (Å²) in [5.74, 6) is 0.370. The molecule has 2 N–H and O–H groups in total. The Labute approximate surface area is 389 Å². The second-order valence-corrected chi connectivity index (χ2v) is 19.5. The van der Waals surface area contributed by atoms with Crippen LogP contribution < -0.4 is 9.47 Å². The van der Waals surface area contributed by atoms with Crippen LogP contribution in [0.25, 0.3) is 10.8 Å². The Morgan fingerprint density at radius 2 is 1.52 bits per heavy atom. The number of allylic oxidation sites excluding steroid dienone is 1. The topological polar surface area (TPSA) is 119 Å². The van der Waals surface area contributed by atoms with Gasteiger partial charge in [-0.3, -0.25) is 0 Å². The van der Waals surface area contributed by atoms with Crippen LogP contribution in [-0.2, 0) is 14.3 Å². The average molecular weight is 895 g/mol. The van der Waals surface area contributed by atoms with Crippen molar-refractivity contribution in [2.45, 2.75) is 160 Å². The molecule has 0 aromatic heterocycles. The van der Waals surface area contributed by atoms with E-state index in [1.54, 1.807) is 18.0 Å². The van der Waals surface area contributed by atoms with Gasteiger partial charge in [-0.2, -0.15) is 0 Å². The predicted molar refractivity (Wildman–Crippen MR) is 261 cm³/mol. The second-order valence-electron chi connectivity index (χ2n) is 19.5. The van der Waals surface area contributed by atoms with Gasteiger partial charge in [0, 0.05) is 38.2 Å². The lowest BCUT2D eigenvalue weighted by molar-refractivity contribution is -0.253. The van der Waals surface area contributed by atoms with Gasteiger partial charge < -0.3 is 38.9 Å². The van der Waals surface area contributed by atoms with E-state index < -0.39 is 29.4 Å². The summed E-state index contributed by atoms with van der Waals surface area (Å²) in [4.78, 5) is 22.2. The van der Waals surface area contributed by atoms with Gasteiger partial charge in [0.05, 0.1) is 24.8 Å². The zero-order valence-electron chi connectivity index (χ0n) is 40.1. The van der Waals surface area contributed by atoms with Crippen LogP contribution in [0.2, 0.25) is 0 Å². The van der Waals surface area contributed by atoms with Crippen molar-refractivity contribution >= 4 is 22.6 Å². The third-order valence-corrected chi connectivity index (χ3v) is 13.5. The van der Waals surface area contributed by atoms with Crippen LogP contribution in [0.5, 0.6) is 17.2 Å². The number of fused-ring (bicyclic) bond motifs is 3. The Morgan fingerprint density at radius 1 is 0.862 bits per heavy atom. The van der Waals surface area contributed by atoms with E-state index in [9.17, 15) is 15.0 Å². The lowest BCUT2D eigenvalue weighted by Crippen LogP contribution is -2.69. The number of ether oxygens (including phenoxy) is 4. The van der Waals surface area contributed by atoms with E-state index in [1.165, 1.54) is 44.9 Å². The molecule has 1 fully saturated rings. The summed E-state index contributed by atoms with van der Waals surface area (Å²) < 4.78 is 27.1. The van der Waals surface area contributed by atoms with Gasteiger partial charge in [-0.25, -0.2) is 4.79 Å². The van der Waals surface area contributed by atoms with Crippen LogP contribution in [0.1, 0.15) is 148 Å². The smallest absolute Gasteiger partial charge is 0.409 e. The molecule has 6 atom stereocenters. The summed E-state index contributed by atoms with van der Waals surface area (Å²) in [6.07, 6.45) is 20.7. The number of benzene rings is 3. The zero-order chi connectivity index (χ0) is 46.2. The lowest BCUT2D eigenvalue weighted by atomic mass is 9.55. The molecule has 2 aliphatic carbocycles. The van der Waals surface area contributed by atoms with Crippen LogP contribution in [-0.4, -0.2) is 77.8 Å². The minimum Gasteiger partial charge on any atom is -0.459 e. The maximum atomic E-state index is 14.3. The first-order chi connectivity index (χ1) is 31.5. The summed E-state index contributed by atoms with van der Waals surface area (Å²) >= 11 is 0. The number of likely N-dealkylation sites (N-methyl/N-ethyl adjacent to an activating group) is 1. The number of unbranched alkanes of at least 4 members (excludes halogenated alkanes) is 11. The van der Waals surface area contributed by atoms with Crippen molar-refractivity contribution in [2.24, 2.45) is 22.9 Å². The summed E-state index contributed by atoms with van der Waals surface area (Å²) in [6.45, 7) is 13.0. The molecule has 10 nitrogen and oxygen atoms in total. The summed E-state index contributed by atoms with van der Waals surface area (Å²) in [6, 6.07) is 19.8. The third kappa shape index (κ3) is 13.0. The fourth-order valence-electron chi connectivity index (χ4n) is 10.3. The highest BCUT2D eigenvalue weighted by Gasteiger charge is 2.65. The number of nitrogens with zero attached hydrogens (tertiary/aromatic N) is 2. The largest absolute Gasteiger partial charge is 0.459 e. The van der Waals surface area contributed by atoms with E-state index in [0.717, 1.165) is 78.3 Å². The maximum Gasteiger partial charge on any atom is 0.409 e. The highest BCUT2D eigenvalue weighted by atomic mass is 16.7. The number of oxime groups is 1. The molecule has 65 heavy (non-hydrogen) atoms. The standard InChI is InChI=1S/C55H78N2O8/c1-7-9-10-11-12-13-14-15-16-23-35-61-53(60)57(6)50-39-48(56-65-54(3,4)5)46-37-42(26-19-21-32-58)45(27-20-22-33-59)51-47-38-44(63-43-29-28-40-24-17-18-25-41(40)36-43)30-31-49(47)64-55(50,52(46)51)62-34-8-2/h8,17-18,24-25,28-31,36-38,42,45,50-52,58-59H,2,7,9-16,19-23,26-27,32-35,39H2,1,3-6H3/t42-,45+,50-,51+,52+,55+/m0/s1. The molecule has 0 bridgehead atoms. The Balaban J connectivity index is 1.39. The van der Waals surface area contributed by atoms with E-state index in [4.69, 9.17) is 28.9 Å². The molecular formula is C55H78N2O8. The van der Waals surface area contributed by atoms with E-state index in [2.05, 4.69) is 49.9 Å². The van der Waals surface area contributed by atoms with Gasteiger partial charge in [-0.05, 0) is 111 Å². The lowest BCUT2D eigenvalue weighted by Gasteiger charge is -2.59. The van der Waals surface area contributed by atoms with Gasteiger partial charge in [0.15, 0.2) is 0 Å². The minimum atomic E-state index is -1.35.